The van der Waals surface area contributed by atoms with Gasteiger partial charge in [-0.1, -0.05) is 60.3 Å². The van der Waals surface area contributed by atoms with Gasteiger partial charge < -0.3 is 4.74 Å². The third-order valence-electron chi connectivity index (χ3n) is 4.92. The molecule has 6 heteroatoms. The zero-order chi connectivity index (χ0) is 19.1. The number of hydrogen-bond acceptors (Lipinski definition) is 6. The summed E-state index contributed by atoms with van der Waals surface area (Å²) in [7, 11) is 0. The van der Waals surface area contributed by atoms with E-state index >= 15 is 0 Å². The molecular formula is C22H17N3OS2. The molecule has 1 unspecified atom stereocenters. The van der Waals surface area contributed by atoms with Crippen molar-refractivity contribution in [2.45, 2.75) is 16.1 Å². The number of rotatable bonds is 3. The summed E-state index contributed by atoms with van der Waals surface area (Å²) in [5, 5.41) is 2.72. The summed E-state index contributed by atoms with van der Waals surface area (Å²) in [6.07, 6.45) is 5.83. The molecule has 0 saturated carbocycles. The first-order chi connectivity index (χ1) is 13.8. The van der Waals surface area contributed by atoms with Crippen LogP contribution in [0.25, 0.3) is 10.9 Å². The molecule has 0 saturated heterocycles. The second-order valence-electron chi connectivity index (χ2n) is 6.44. The molecule has 1 aliphatic heterocycles. The summed E-state index contributed by atoms with van der Waals surface area (Å²) in [4.78, 5) is 14.1. The largest absolute Gasteiger partial charge is 0.436 e. The van der Waals surface area contributed by atoms with Gasteiger partial charge in [-0.2, -0.15) is 4.98 Å². The average molecular weight is 404 g/mol. The molecule has 0 bridgehead atoms. The highest BCUT2D eigenvalue weighted by Crippen LogP contribution is 2.51. The Labute approximate surface area is 171 Å². The fraction of sp³-hybridized carbons (Fsp3) is 0.136. The van der Waals surface area contributed by atoms with E-state index in [2.05, 4.69) is 47.4 Å². The Morgan fingerprint density at radius 1 is 0.893 bits per heavy atom. The number of pyridine rings is 1. The predicted octanol–water partition coefficient (Wildman–Crippen LogP) is 5.75. The van der Waals surface area contributed by atoms with Crippen LogP contribution in [0.5, 0.6) is 11.6 Å². The predicted molar refractivity (Wildman–Crippen MR) is 115 cm³/mol. The number of aromatic nitrogens is 3. The second kappa shape index (κ2) is 7.11. The maximum absolute atomic E-state index is 6.39. The Morgan fingerprint density at radius 3 is 2.54 bits per heavy atom. The molecule has 0 N–H and O–H groups in total. The van der Waals surface area contributed by atoms with Crippen molar-refractivity contribution in [3.63, 3.8) is 0 Å². The fourth-order valence-corrected chi connectivity index (χ4v) is 4.71. The van der Waals surface area contributed by atoms with Crippen molar-refractivity contribution < 1.29 is 4.74 Å². The van der Waals surface area contributed by atoms with Crippen molar-refractivity contribution in [3.05, 3.63) is 77.5 Å². The molecule has 0 fully saturated rings. The summed E-state index contributed by atoms with van der Waals surface area (Å²) in [5.74, 6) is 1.42. The van der Waals surface area contributed by atoms with E-state index in [1.165, 1.54) is 17.3 Å². The average Bonchev–Trinajstić information content (AvgIpc) is 2.77. The normalized spacial score (nSPS) is 15.0. The van der Waals surface area contributed by atoms with E-state index in [1.807, 2.05) is 24.6 Å². The number of nitrogens with zero attached hydrogens (tertiary/aromatic N) is 3. The topological polar surface area (TPSA) is 47.9 Å². The highest BCUT2D eigenvalue weighted by Gasteiger charge is 2.34. The van der Waals surface area contributed by atoms with Crippen molar-refractivity contribution in [2.24, 2.45) is 0 Å². The van der Waals surface area contributed by atoms with Gasteiger partial charge in [0.2, 0.25) is 5.88 Å². The van der Waals surface area contributed by atoms with Crippen LogP contribution in [0.1, 0.15) is 22.6 Å². The molecule has 4 nitrogen and oxygen atoms in total. The van der Waals surface area contributed by atoms with Crippen LogP contribution in [-0.2, 0) is 0 Å². The third-order valence-corrected chi connectivity index (χ3v) is 6.17. The van der Waals surface area contributed by atoms with Crippen molar-refractivity contribution in [3.8, 4) is 11.6 Å². The summed E-state index contributed by atoms with van der Waals surface area (Å²) in [6.45, 7) is 0. The molecule has 1 aliphatic rings. The number of fused-ring (bicyclic) bond motifs is 4. The molecule has 138 valence electrons. The first-order valence-electron chi connectivity index (χ1n) is 8.90. The van der Waals surface area contributed by atoms with Crippen LogP contribution in [0.15, 0.2) is 71.0 Å². The van der Waals surface area contributed by atoms with Gasteiger partial charge >= 0.3 is 0 Å². The van der Waals surface area contributed by atoms with Gasteiger partial charge in [0.05, 0.1) is 5.56 Å². The molecule has 2 aromatic heterocycles. The van der Waals surface area contributed by atoms with Gasteiger partial charge in [0.1, 0.15) is 10.5 Å². The molecule has 0 amide bonds. The molecule has 0 radical (unpaired) electrons. The van der Waals surface area contributed by atoms with Crippen LogP contribution in [0, 0.1) is 0 Å². The van der Waals surface area contributed by atoms with Crippen LogP contribution in [0.3, 0.4) is 0 Å². The highest BCUT2D eigenvalue weighted by atomic mass is 32.2. The first-order valence-corrected chi connectivity index (χ1v) is 11.4. The molecule has 5 rings (SSSR count). The Kier molecular flexibility index (Phi) is 4.45. The zero-order valence-corrected chi connectivity index (χ0v) is 17.1. The molecule has 3 heterocycles. The van der Waals surface area contributed by atoms with Crippen molar-refractivity contribution in [2.75, 3.05) is 12.5 Å². The third kappa shape index (κ3) is 2.75. The maximum Gasteiger partial charge on any atom is 0.228 e. The molecule has 28 heavy (non-hydrogen) atoms. The monoisotopic (exact) mass is 403 g/mol. The lowest BCUT2D eigenvalue weighted by molar-refractivity contribution is 0.424. The SMILES string of the molecule is CSc1nc2c(c(SC)n1)C(c1ccccc1)c1ccc3cccnc3c1O2. The van der Waals surface area contributed by atoms with Gasteiger partial charge in [-0.3, -0.25) is 4.98 Å². The van der Waals surface area contributed by atoms with Crippen LogP contribution >= 0.6 is 23.5 Å². The minimum Gasteiger partial charge on any atom is -0.436 e. The smallest absolute Gasteiger partial charge is 0.228 e. The molecule has 0 aliphatic carbocycles. The van der Waals surface area contributed by atoms with E-state index < -0.39 is 0 Å². The minimum absolute atomic E-state index is 0.00436. The molecule has 0 spiro atoms. The lowest BCUT2D eigenvalue weighted by Crippen LogP contribution is -2.16. The summed E-state index contributed by atoms with van der Waals surface area (Å²) < 4.78 is 6.39. The van der Waals surface area contributed by atoms with E-state index in [1.54, 1.807) is 18.0 Å². The van der Waals surface area contributed by atoms with Gasteiger partial charge in [-0.05, 0) is 24.1 Å². The maximum atomic E-state index is 6.39. The molecular weight excluding hydrogens is 386 g/mol. The van der Waals surface area contributed by atoms with Crippen LogP contribution < -0.4 is 4.74 Å². The molecule has 4 aromatic rings. The van der Waals surface area contributed by atoms with Gasteiger partial charge in [0.25, 0.3) is 0 Å². The minimum atomic E-state index is 0.00436. The first kappa shape index (κ1) is 17.5. The Bertz CT molecular complexity index is 1180. The summed E-state index contributed by atoms with van der Waals surface area (Å²) >= 11 is 3.15. The fourth-order valence-electron chi connectivity index (χ4n) is 3.69. The van der Waals surface area contributed by atoms with Crippen LogP contribution in [0.4, 0.5) is 0 Å². The van der Waals surface area contributed by atoms with Gasteiger partial charge in [-0.25, -0.2) is 4.98 Å². The van der Waals surface area contributed by atoms with Crippen LogP contribution in [-0.4, -0.2) is 27.5 Å². The Hall–Kier alpha value is -2.57. The number of thioether (sulfide) groups is 2. The highest BCUT2D eigenvalue weighted by molar-refractivity contribution is 7.99. The number of ether oxygens (including phenoxy) is 1. The molecule has 2 aromatic carbocycles. The van der Waals surface area contributed by atoms with Gasteiger partial charge in [0, 0.05) is 23.1 Å². The summed E-state index contributed by atoms with van der Waals surface area (Å²) in [6, 6.07) is 18.7. The van der Waals surface area contributed by atoms with Gasteiger partial charge in [-0.15, -0.1) is 11.8 Å². The van der Waals surface area contributed by atoms with Crippen molar-refractivity contribution >= 4 is 34.4 Å². The van der Waals surface area contributed by atoms with E-state index in [4.69, 9.17) is 14.7 Å². The zero-order valence-electron chi connectivity index (χ0n) is 15.4. The van der Waals surface area contributed by atoms with E-state index in [-0.39, 0.29) is 5.92 Å². The van der Waals surface area contributed by atoms with Crippen molar-refractivity contribution in [1.29, 1.82) is 0 Å². The van der Waals surface area contributed by atoms with E-state index in [0.29, 0.717) is 11.0 Å². The Balaban J connectivity index is 1.85. The quantitative estimate of drug-likeness (QED) is 0.217. The van der Waals surface area contributed by atoms with E-state index in [0.717, 1.165) is 32.8 Å². The molecule has 1 atom stereocenters. The lowest BCUT2D eigenvalue weighted by Gasteiger charge is -2.29. The van der Waals surface area contributed by atoms with E-state index in [9.17, 15) is 0 Å². The lowest BCUT2D eigenvalue weighted by atomic mass is 9.83. The summed E-state index contributed by atoms with van der Waals surface area (Å²) in [5.41, 5.74) is 4.18. The van der Waals surface area contributed by atoms with Gasteiger partial charge in [0.15, 0.2) is 10.9 Å². The standard InChI is InChI=1S/C22H17N3OS2/c1-27-21-17-16(13-7-4-3-5-8-13)15-11-10-14-9-6-12-23-18(14)19(15)26-20(17)24-22(25-21)28-2/h3-12,16H,1-2H3. The second-order valence-corrected chi connectivity index (χ2v) is 8.01. The Morgan fingerprint density at radius 2 is 1.75 bits per heavy atom. The van der Waals surface area contributed by atoms with Crippen molar-refractivity contribution in [1.82, 2.24) is 15.0 Å². The number of benzene rings is 2. The number of hydrogen-bond donors (Lipinski definition) is 0. The van der Waals surface area contributed by atoms with Crippen LogP contribution in [0.2, 0.25) is 0 Å².